The number of Topliss-reactive ketones (excluding diaryl/α,β-unsaturated/α-hetero) is 1. The molecule has 1 unspecified atom stereocenters. The minimum absolute atomic E-state index is 0.0371. The van der Waals surface area contributed by atoms with E-state index in [0.29, 0.717) is 0 Å². The monoisotopic (exact) mass is 297 g/mol. The quantitative estimate of drug-likeness (QED) is 0.377. The Hall–Kier alpha value is -1.54. The second kappa shape index (κ2) is 6.26. The molecule has 0 aromatic heterocycles. The molecule has 88 valence electrons. The van der Waals surface area contributed by atoms with Crippen LogP contribution < -0.4 is 0 Å². The van der Waals surface area contributed by atoms with E-state index < -0.39 is 6.04 Å². The van der Waals surface area contributed by atoms with Gasteiger partial charge >= 0.3 is 107 Å². The van der Waals surface area contributed by atoms with Crippen LogP contribution in [0, 0.1) is 0 Å². The van der Waals surface area contributed by atoms with Crippen LogP contribution in [-0.2, 0) is 0 Å². The van der Waals surface area contributed by atoms with Crippen LogP contribution in [0.1, 0.15) is 10.4 Å². The van der Waals surface area contributed by atoms with E-state index >= 15 is 0 Å². The molecule has 1 rings (SSSR count). The number of para-hydroxylation sites is 1. The normalized spacial score (nSPS) is 11.2. The van der Waals surface area contributed by atoms with E-state index in [2.05, 4.69) is 25.3 Å². The fraction of sp³-hybridized carbons (Fsp3) is 0.250. The molecule has 4 nitrogen and oxygen atoms in total. The van der Waals surface area contributed by atoms with E-state index in [1.54, 1.807) is 43.1 Å². The maximum absolute atomic E-state index is 12.1. The zero-order valence-electron chi connectivity index (χ0n) is 9.62. The van der Waals surface area contributed by atoms with Gasteiger partial charge in [0.1, 0.15) is 0 Å². The first-order valence-electron chi connectivity index (χ1n) is 4.97. The molecule has 5 heteroatoms. The Kier molecular flexibility index (Phi) is 4.98. The van der Waals surface area contributed by atoms with Crippen molar-refractivity contribution in [1.29, 1.82) is 0 Å². The van der Waals surface area contributed by atoms with Crippen LogP contribution in [0.3, 0.4) is 0 Å². The van der Waals surface area contributed by atoms with E-state index in [4.69, 9.17) is 0 Å². The molecule has 0 amide bonds. The Bertz CT molecular complexity index is 501. The van der Waals surface area contributed by atoms with Crippen molar-refractivity contribution >= 4 is 32.3 Å². The number of phenolic OH excluding ortho intramolecular Hbond substituents is 1. The van der Waals surface area contributed by atoms with Gasteiger partial charge in [0, 0.05) is 0 Å². The summed E-state index contributed by atoms with van der Waals surface area (Å²) in [5.74, 6) is -0.301. The summed E-state index contributed by atoms with van der Waals surface area (Å²) in [5, 5.41) is 9.61. The zero-order chi connectivity index (χ0) is 12.8. The topological polar surface area (TPSA) is 52.7 Å². The van der Waals surface area contributed by atoms with Crippen molar-refractivity contribution in [3.8, 4) is 5.75 Å². The van der Waals surface area contributed by atoms with Crippen LogP contribution in [0.25, 0.3) is 0 Å². The number of rotatable bonds is 4. The summed E-state index contributed by atoms with van der Waals surface area (Å²) in [4.78, 5) is 16.0. The number of aliphatic imine (C=N–C) groups is 1. The number of carbonyl (C=O) groups excluding carboxylic acids is 1. The predicted molar refractivity (Wildman–Crippen MR) is 67.6 cm³/mol. The van der Waals surface area contributed by atoms with E-state index in [-0.39, 0.29) is 17.1 Å². The van der Waals surface area contributed by atoms with E-state index in [1.807, 2.05) is 0 Å². The van der Waals surface area contributed by atoms with Crippen molar-refractivity contribution in [2.45, 2.75) is 6.04 Å². The van der Waals surface area contributed by atoms with Gasteiger partial charge in [-0.15, -0.1) is 0 Å². The molecule has 0 radical (unpaired) electrons. The van der Waals surface area contributed by atoms with Crippen molar-refractivity contribution in [2.75, 3.05) is 14.1 Å². The molecule has 17 heavy (non-hydrogen) atoms. The molecule has 0 aliphatic carbocycles. The van der Waals surface area contributed by atoms with E-state index in [0.717, 1.165) is 0 Å². The van der Waals surface area contributed by atoms with Gasteiger partial charge in [-0.05, 0) is 0 Å². The molecule has 0 fully saturated rings. The standard InChI is InChI=1S/C12H12N2O2Se/c1-14(2)7-10(13-8-17)12(16)9-5-3-4-6-11(9)15/h3-7,10H,1-2H3/p+1. The number of ketones is 1. The Morgan fingerprint density at radius 1 is 1.53 bits per heavy atom. The predicted octanol–water partition coefficient (Wildman–Crippen LogP) is 0.360. The van der Waals surface area contributed by atoms with Gasteiger partial charge in [-0.1, -0.05) is 0 Å². The molecule has 0 aliphatic heterocycles. The average Bonchev–Trinajstić information content (AvgIpc) is 2.28. The molecule has 0 saturated heterocycles. The fourth-order valence-corrected chi connectivity index (χ4v) is 1.58. The van der Waals surface area contributed by atoms with Gasteiger partial charge in [0.2, 0.25) is 0 Å². The van der Waals surface area contributed by atoms with Crippen molar-refractivity contribution in [2.24, 2.45) is 4.99 Å². The van der Waals surface area contributed by atoms with Gasteiger partial charge in [-0.25, -0.2) is 0 Å². The van der Waals surface area contributed by atoms with Crippen molar-refractivity contribution in [1.82, 2.24) is 0 Å². The van der Waals surface area contributed by atoms with Crippen molar-refractivity contribution in [3.05, 3.63) is 29.8 Å². The van der Waals surface area contributed by atoms with Crippen LogP contribution in [0.15, 0.2) is 29.3 Å². The summed E-state index contributed by atoms with van der Waals surface area (Å²) < 4.78 is 4.22. The van der Waals surface area contributed by atoms with Gasteiger partial charge in [0.05, 0.1) is 0 Å². The number of nitrogens with zero attached hydrogens (tertiary/aromatic N) is 2. The zero-order valence-corrected chi connectivity index (χ0v) is 11.3. The number of carbonyl (C=O) groups is 1. The van der Waals surface area contributed by atoms with Crippen LogP contribution in [0.2, 0.25) is 0 Å². The fourth-order valence-electron chi connectivity index (χ4n) is 1.34. The van der Waals surface area contributed by atoms with Gasteiger partial charge in [-0.3, -0.25) is 0 Å². The summed E-state index contributed by atoms with van der Waals surface area (Å²) in [6.07, 6.45) is 1.65. The summed E-state index contributed by atoms with van der Waals surface area (Å²) in [6, 6.07) is 5.74. The van der Waals surface area contributed by atoms with Gasteiger partial charge < -0.3 is 0 Å². The summed E-state index contributed by atoms with van der Waals surface area (Å²) in [5.41, 5.74) is 0.259. The van der Waals surface area contributed by atoms with Gasteiger partial charge in [0.15, 0.2) is 0 Å². The van der Waals surface area contributed by atoms with Crippen LogP contribution >= 0.6 is 0 Å². The summed E-state index contributed by atoms with van der Waals surface area (Å²) >= 11 is 2.50. The number of hydrogen-bond acceptors (Lipinski definition) is 3. The third-order valence-electron chi connectivity index (χ3n) is 2.07. The number of phenols is 1. The molecule has 0 bridgehead atoms. The number of benzene rings is 1. The average molecular weight is 296 g/mol. The molecule has 0 aliphatic rings. The Labute approximate surface area is 108 Å². The number of aromatic hydroxyl groups is 1. The third kappa shape index (κ3) is 3.75. The molecule has 0 saturated carbocycles. The van der Waals surface area contributed by atoms with E-state index in [1.165, 1.54) is 6.07 Å². The molecule has 1 aromatic carbocycles. The SMILES string of the molecule is C[N+](C)=CC(N=C=[Se])C(=O)c1ccccc1O. The minimum atomic E-state index is -0.681. The molecular formula is C12H13N2O2Se+. The molecule has 0 heterocycles. The Balaban J connectivity index is 3.13. The van der Waals surface area contributed by atoms with Crippen LogP contribution in [0.4, 0.5) is 0 Å². The first kappa shape index (κ1) is 13.5. The van der Waals surface area contributed by atoms with Crippen LogP contribution in [0.5, 0.6) is 5.75 Å². The van der Waals surface area contributed by atoms with Crippen molar-refractivity contribution < 1.29 is 14.5 Å². The third-order valence-corrected chi connectivity index (χ3v) is 2.29. The maximum atomic E-state index is 12.1. The molecule has 1 N–H and O–H groups in total. The second-order valence-corrected chi connectivity index (χ2v) is 4.04. The van der Waals surface area contributed by atoms with Crippen LogP contribution in [-0.4, -0.2) is 62.1 Å². The van der Waals surface area contributed by atoms with Gasteiger partial charge in [0.25, 0.3) is 0 Å². The second-order valence-electron chi connectivity index (χ2n) is 3.66. The Morgan fingerprint density at radius 3 is 2.71 bits per heavy atom. The molecule has 0 spiro atoms. The van der Waals surface area contributed by atoms with Crippen molar-refractivity contribution in [3.63, 3.8) is 0 Å². The first-order valence-corrected chi connectivity index (χ1v) is 5.82. The summed E-state index contributed by atoms with van der Waals surface area (Å²) in [7, 11) is 3.61. The van der Waals surface area contributed by atoms with E-state index in [9.17, 15) is 9.90 Å². The molecular weight excluding hydrogens is 283 g/mol. The molecule has 1 atom stereocenters. The summed E-state index contributed by atoms with van der Waals surface area (Å²) in [6.45, 7) is 0. The van der Waals surface area contributed by atoms with Gasteiger partial charge in [-0.2, -0.15) is 0 Å². The number of hydrogen-bond donors (Lipinski definition) is 1. The first-order chi connectivity index (χ1) is 8.06. The molecule has 1 aromatic rings. The Morgan fingerprint density at radius 2 is 2.18 bits per heavy atom.